The van der Waals surface area contributed by atoms with Crippen molar-refractivity contribution >= 4 is 10.2 Å². The molecule has 0 bridgehead atoms. The van der Waals surface area contributed by atoms with Crippen molar-refractivity contribution in [3.63, 3.8) is 0 Å². The average Bonchev–Trinajstić information content (AvgIpc) is 2.73. The molecule has 0 aromatic heterocycles. The van der Waals surface area contributed by atoms with Gasteiger partial charge < -0.3 is 5.11 Å². The fraction of sp³-hybridized carbons (Fsp3) is 1.00. The van der Waals surface area contributed by atoms with E-state index < -0.39 is 10.2 Å². The molecule has 0 aromatic rings. The number of aliphatic hydroxyl groups excluding tert-OH is 1. The van der Waals surface area contributed by atoms with Gasteiger partial charge in [-0.1, -0.05) is 20.3 Å². The number of piperidine rings is 1. The fourth-order valence-electron chi connectivity index (χ4n) is 3.60. The second-order valence-corrected chi connectivity index (χ2v) is 8.67. The Morgan fingerprint density at radius 1 is 1.05 bits per heavy atom. The van der Waals surface area contributed by atoms with Crippen LogP contribution in [0.1, 0.15) is 52.4 Å². The van der Waals surface area contributed by atoms with Crippen LogP contribution in [0.15, 0.2) is 0 Å². The lowest BCUT2D eigenvalue weighted by atomic mass is 9.89. The molecule has 0 aliphatic carbocycles. The van der Waals surface area contributed by atoms with Crippen LogP contribution in [0.25, 0.3) is 0 Å². The fourth-order valence-corrected chi connectivity index (χ4v) is 5.50. The van der Waals surface area contributed by atoms with Gasteiger partial charge in [-0.3, -0.25) is 0 Å². The van der Waals surface area contributed by atoms with Crippen LogP contribution in [0.5, 0.6) is 0 Å². The monoisotopic (exact) mass is 318 g/mol. The molecule has 21 heavy (non-hydrogen) atoms. The van der Waals surface area contributed by atoms with E-state index >= 15 is 0 Å². The zero-order valence-electron chi connectivity index (χ0n) is 13.4. The number of nitrogens with zero attached hydrogens (tertiary/aromatic N) is 2. The predicted molar refractivity (Wildman–Crippen MR) is 84.1 cm³/mol. The smallest absolute Gasteiger partial charge is 0.282 e. The van der Waals surface area contributed by atoms with Crippen molar-refractivity contribution in [2.75, 3.05) is 26.2 Å². The Balaban J connectivity index is 2.08. The van der Waals surface area contributed by atoms with Crippen molar-refractivity contribution < 1.29 is 13.5 Å². The standard InChI is InChI=1S/C15H30N2O3S/c1-13(2)14-6-5-9-16(11-8-14)21(19,20)17-10-4-3-7-15(17)12-18/h13-15,18H,3-12H2,1-2H3. The Morgan fingerprint density at radius 3 is 2.48 bits per heavy atom. The zero-order valence-corrected chi connectivity index (χ0v) is 14.2. The lowest BCUT2D eigenvalue weighted by Gasteiger charge is -2.37. The summed E-state index contributed by atoms with van der Waals surface area (Å²) in [5, 5.41) is 9.47. The molecule has 124 valence electrons. The lowest BCUT2D eigenvalue weighted by molar-refractivity contribution is 0.147. The van der Waals surface area contributed by atoms with Gasteiger partial charge in [0, 0.05) is 25.7 Å². The van der Waals surface area contributed by atoms with E-state index in [4.69, 9.17) is 0 Å². The van der Waals surface area contributed by atoms with E-state index in [0.717, 1.165) is 38.5 Å². The van der Waals surface area contributed by atoms with Gasteiger partial charge in [-0.15, -0.1) is 0 Å². The minimum Gasteiger partial charge on any atom is -0.395 e. The van der Waals surface area contributed by atoms with Crippen LogP contribution in [0.3, 0.4) is 0 Å². The Kier molecular flexibility index (Phi) is 6.05. The Hall–Kier alpha value is -0.170. The Labute approximate surface area is 129 Å². The molecule has 2 rings (SSSR count). The normalized spacial score (nSPS) is 30.5. The van der Waals surface area contributed by atoms with Gasteiger partial charge in [0.2, 0.25) is 0 Å². The van der Waals surface area contributed by atoms with Gasteiger partial charge in [-0.05, 0) is 43.9 Å². The van der Waals surface area contributed by atoms with Crippen molar-refractivity contribution in [3.05, 3.63) is 0 Å². The molecule has 2 saturated heterocycles. The molecule has 2 fully saturated rings. The molecule has 0 spiro atoms. The van der Waals surface area contributed by atoms with Gasteiger partial charge in [0.05, 0.1) is 6.61 Å². The molecule has 6 heteroatoms. The second kappa shape index (κ2) is 7.40. The summed E-state index contributed by atoms with van der Waals surface area (Å²) in [6.07, 6.45) is 5.70. The van der Waals surface area contributed by atoms with E-state index in [1.807, 2.05) is 0 Å². The SMILES string of the molecule is CC(C)C1CCCN(S(=O)(=O)N2CCCCC2CO)CC1. The van der Waals surface area contributed by atoms with E-state index in [9.17, 15) is 13.5 Å². The first-order chi connectivity index (χ1) is 9.96. The van der Waals surface area contributed by atoms with Gasteiger partial charge >= 0.3 is 0 Å². The summed E-state index contributed by atoms with van der Waals surface area (Å²) < 4.78 is 29.0. The average molecular weight is 318 g/mol. The van der Waals surface area contributed by atoms with Crippen LogP contribution < -0.4 is 0 Å². The largest absolute Gasteiger partial charge is 0.395 e. The van der Waals surface area contributed by atoms with E-state index in [0.29, 0.717) is 31.5 Å². The van der Waals surface area contributed by atoms with Crippen LogP contribution in [0, 0.1) is 11.8 Å². The number of hydrogen-bond donors (Lipinski definition) is 1. The number of rotatable bonds is 4. The number of aliphatic hydroxyl groups is 1. The van der Waals surface area contributed by atoms with Crippen molar-refractivity contribution in [2.45, 2.75) is 58.4 Å². The van der Waals surface area contributed by atoms with E-state index in [-0.39, 0.29) is 12.6 Å². The molecule has 0 radical (unpaired) electrons. The van der Waals surface area contributed by atoms with Crippen molar-refractivity contribution in [2.24, 2.45) is 11.8 Å². The van der Waals surface area contributed by atoms with Gasteiger partial charge in [0.15, 0.2) is 0 Å². The van der Waals surface area contributed by atoms with Gasteiger partial charge in [-0.25, -0.2) is 0 Å². The molecule has 5 nitrogen and oxygen atoms in total. The van der Waals surface area contributed by atoms with Crippen molar-refractivity contribution in [1.29, 1.82) is 0 Å². The molecule has 0 aromatic carbocycles. The van der Waals surface area contributed by atoms with Crippen LogP contribution >= 0.6 is 0 Å². The lowest BCUT2D eigenvalue weighted by Crippen LogP contribution is -2.52. The van der Waals surface area contributed by atoms with E-state index in [1.165, 1.54) is 0 Å². The predicted octanol–water partition coefficient (Wildman–Crippen LogP) is 1.84. The van der Waals surface area contributed by atoms with E-state index in [1.54, 1.807) is 8.61 Å². The molecule has 1 N–H and O–H groups in total. The third kappa shape index (κ3) is 3.97. The third-order valence-corrected chi connectivity index (χ3v) is 7.17. The minimum absolute atomic E-state index is 0.0678. The Morgan fingerprint density at radius 2 is 1.81 bits per heavy atom. The summed E-state index contributed by atoms with van der Waals surface area (Å²) in [7, 11) is -3.41. The molecule has 0 saturated carbocycles. The highest BCUT2D eigenvalue weighted by Gasteiger charge is 2.37. The van der Waals surface area contributed by atoms with Crippen molar-refractivity contribution in [1.82, 2.24) is 8.61 Å². The molecule has 2 aliphatic rings. The molecule has 2 unspecified atom stereocenters. The Bertz CT molecular complexity index is 425. The molecule has 2 heterocycles. The molecule has 2 aliphatic heterocycles. The van der Waals surface area contributed by atoms with Crippen LogP contribution in [0.4, 0.5) is 0 Å². The summed E-state index contributed by atoms with van der Waals surface area (Å²) >= 11 is 0. The quantitative estimate of drug-likeness (QED) is 0.860. The highest BCUT2D eigenvalue weighted by atomic mass is 32.2. The zero-order chi connectivity index (χ0) is 15.5. The summed E-state index contributed by atoms with van der Waals surface area (Å²) in [6, 6.07) is -0.229. The van der Waals surface area contributed by atoms with Gasteiger partial charge in [0.25, 0.3) is 10.2 Å². The first-order valence-electron chi connectivity index (χ1n) is 8.34. The maximum atomic E-state index is 12.9. The summed E-state index contributed by atoms with van der Waals surface area (Å²) in [4.78, 5) is 0. The molecule has 0 amide bonds. The molecular formula is C15H30N2O3S. The van der Waals surface area contributed by atoms with Gasteiger partial charge in [0.1, 0.15) is 0 Å². The highest BCUT2D eigenvalue weighted by Crippen LogP contribution is 2.28. The second-order valence-electron chi connectivity index (χ2n) is 6.78. The van der Waals surface area contributed by atoms with Crippen LogP contribution in [-0.4, -0.2) is 54.4 Å². The number of hydrogen-bond acceptors (Lipinski definition) is 3. The first kappa shape index (κ1) is 17.2. The van der Waals surface area contributed by atoms with Crippen LogP contribution in [0.2, 0.25) is 0 Å². The molecular weight excluding hydrogens is 288 g/mol. The highest BCUT2D eigenvalue weighted by molar-refractivity contribution is 7.86. The van der Waals surface area contributed by atoms with Gasteiger partial charge in [-0.2, -0.15) is 17.0 Å². The topological polar surface area (TPSA) is 60.9 Å². The summed E-state index contributed by atoms with van der Waals surface area (Å²) in [5.41, 5.74) is 0. The minimum atomic E-state index is -3.41. The summed E-state index contributed by atoms with van der Waals surface area (Å²) in [6.45, 7) is 6.18. The summed E-state index contributed by atoms with van der Waals surface area (Å²) in [5.74, 6) is 1.24. The van der Waals surface area contributed by atoms with Crippen molar-refractivity contribution in [3.8, 4) is 0 Å². The third-order valence-electron chi connectivity index (χ3n) is 5.08. The first-order valence-corrected chi connectivity index (χ1v) is 9.74. The van der Waals surface area contributed by atoms with E-state index in [2.05, 4.69) is 13.8 Å². The van der Waals surface area contributed by atoms with Crippen LogP contribution in [-0.2, 0) is 10.2 Å². The molecule has 2 atom stereocenters. The maximum absolute atomic E-state index is 12.9. The maximum Gasteiger partial charge on any atom is 0.282 e.